The quantitative estimate of drug-likeness (QED) is 0.765. The van der Waals surface area contributed by atoms with Crippen LogP contribution in [-0.4, -0.2) is 16.1 Å². The summed E-state index contributed by atoms with van der Waals surface area (Å²) in [5.41, 5.74) is 6.63. The molecule has 0 aliphatic rings. The molecule has 5 nitrogen and oxygen atoms in total. The minimum atomic E-state index is -1.09. The second-order valence-electron chi connectivity index (χ2n) is 4.46. The Morgan fingerprint density at radius 2 is 2.06 bits per heavy atom. The molecule has 0 radical (unpaired) electrons. The summed E-state index contributed by atoms with van der Waals surface area (Å²) in [6.45, 7) is 3.54. The van der Waals surface area contributed by atoms with E-state index in [9.17, 15) is 4.79 Å². The number of benzene rings is 1. The third-order valence-corrected chi connectivity index (χ3v) is 2.79. The van der Waals surface area contributed by atoms with E-state index in [4.69, 9.17) is 5.73 Å². The summed E-state index contributed by atoms with van der Waals surface area (Å²) in [7, 11) is 0. The lowest BCUT2D eigenvalue weighted by Crippen LogP contribution is -2.45. The number of H-pyrrole nitrogens is 1. The van der Waals surface area contributed by atoms with Gasteiger partial charge in [-0.25, -0.2) is 0 Å². The summed E-state index contributed by atoms with van der Waals surface area (Å²) in [6.07, 6.45) is 0. The van der Waals surface area contributed by atoms with Crippen molar-refractivity contribution in [3.05, 3.63) is 47.7 Å². The predicted octanol–water partition coefficient (Wildman–Crippen LogP) is 1.53. The van der Waals surface area contributed by atoms with Gasteiger partial charge in [0.25, 0.3) is 0 Å². The highest BCUT2D eigenvalue weighted by Gasteiger charge is 2.30. The van der Waals surface area contributed by atoms with Crippen molar-refractivity contribution in [1.82, 2.24) is 10.2 Å². The van der Waals surface area contributed by atoms with Crippen LogP contribution in [0, 0.1) is 6.92 Å². The van der Waals surface area contributed by atoms with Gasteiger partial charge in [0.2, 0.25) is 5.91 Å². The number of carbonyl (C=O) groups excluding carboxylic acids is 1. The van der Waals surface area contributed by atoms with Crippen LogP contribution < -0.4 is 11.1 Å². The van der Waals surface area contributed by atoms with E-state index in [-0.39, 0.29) is 5.91 Å². The molecule has 0 fully saturated rings. The van der Waals surface area contributed by atoms with Gasteiger partial charge in [0.1, 0.15) is 5.54 Å². The van der Waals surface area contributed by atoms with Gasteiger partial charge < -0.3 is 11.1 Å². The molecule has 0 bridgehead atoms. The molecule has 94 valence electrons. The number of anilines is 1. The largest absolute Gasteiger partial charge is 0.314 e. The zero-order valence-corrected chi connectivity index (χ0v) is 10.4. The third kappa shape index (κ3) is 2.41. The molecule has 1 amide bonds. The molecular formula is C13H16N4O. The molecule has 0 spiro atoms. The molecule has 2 aromatic rings. The molecule has 0 saturated carbocycles. The van der Waals surface area contributed by atoms with E-state index >= 15 is 0 Å². The maximum absolute atomic E-state index is 12.2. The van der Waals surface area contributed by atoms with Crippen LogP contribution in [0.4, 0.5) is 5.82 Å². The normalized spacial score (nSPS) is 13.9. The van der Waals surface area contributed by atoms with Crippen molar-refractivity contribution in [3.8, 4) is 0 Å². The van der Waals surface area contributed by atoms with Crippen molar-refractivity contribution in [3.63, 3.8) is 0 Å². The van der Waals surface area contributed by atoms with E-state index in [1.165, 1.54) is 0 Å². The Morgan fingerprint density at radius 1 is 1.39 bits per heavy atom. The molecule has 1 atom stereocenters. The van der Waals surface area contributed by atoms with Gasteiger partial charge in [0, 0.05) is 11.8 Å². The molecule has 5 heteroatoms. The lowest BCUT2D eigenvalue weighted by Gasteiger charge is -2.23. The lowest BCUT2D eigenvalue weighted by molar-refractivity contribution is -0.120. The Hall–Kier alpha value is -2.14. The molecule has 0 aliphatic heterocycles. The van der Waals surface area contributed by atoms with Crippen LogP contribution in [0.5, 0.6) is 0 Å². The molecule has 18 heavy (non-hydrogen) atoms. The first-order chi connectivity index (χ1) is 8.50. The van der Waals surface area contributed by atoms with Gasteiger partial charge >= 0.3 is 0 Å². The van der Waals surface area contributed by atoms with Gasteiger partial charge in [-0.05, 0) is 19.4 Å². The summed E-state index contributed by atoms with van der Waals surface area (Å²) in [6, 6.07) is 11.0. The van der Waals surface area contributed by atoms with E-state index in [1.807, 2.05) is 37.3 Å². The standard InChI is InChI=1S/C13H16N4O/c1-9-8-11(17-16-9)15-12(18)13(2,14)10-6-4-3-5-7-10/h3-8H,14H2,1-2H3,(H2,15,16,17,18). The van der Waals surface area contributed by atoms with Crippen molar-refractivity contribution < 1.29 is 4.79 Å². The number of aryl methyl sites for hydroxylation is 1. The minimum absolute atomic E-state index is 0.291. The second kappa shape index (κ2) is 4.62. The summed E-state index contributed by atoms with van der Waals surface area (Å²) < 4.78 is 0. The zero-order chi connectivity index (χ0) is 13.2. The molecular weight excluding hydrogens is 228 g/mol. The highest BCUT2D eigenvalue weighted by Crippen LogP contribution is 2.19. The topological polar surface area (TPSA) is 83.8 Å². The van der Waals surface area contributed by atoms with Crippen molar-refractivity contribution in [2.75, 3.05) is 5.32 Å². The number of amides is 1. The van der Waals surface area contributed by atoms with E-state index in [0.717, 1.165) is 11.3 Å². The van der Waals surface area contributed by atoms with Gasteiger partial charge in [-0.2, -0.15) is 5.10 Å². The molecule has 1 heterocycles. The van der Waals surface area contributed by atoms with Gasteiger partial charge in [0.15, 0.2) is 5.82 Å². The number of nitrogens with one attached hydrogen (secondary N) is 2. The molecule has 1 unspecified atom stereocenters. The number of nitrogens with zero attached hydrogens (tertiary/aromatic N) is 1. The van der Waals surface area contributed by atoms with Gasteiger partial charge in [-0.1, -0.05) is 30.3 Å². The average Bonchev–Trinajstić information content (AvgIpc) is 2.76. The van der Waals surface area contributed by atoms with Crippen LogP contribution in [0.15, 0.2) is 36.4 Å². The number of nitrogens with two attached hydrogens (primary N) is 1. The van der Waals surface area contributed by atoms with Crippen molar-refractivity contribution in [2.24, 2.45) is 5.73 Å². The molecule has 0 saturated heterocycles. The van der Waals surface area contributed by atoms with Crippen LogP contribution >= 0.6 is 0 Å². The Bertz CT molecular complexity index is 545. The highest BCUT2D eigenvalue weighted by molar-refractivity contribution is 5.97. The van der Waals surface area contributed by atoms with Crippen LogP contribution in [0.3, 0.4) is 0 Å². The van der Waals surface area contributed by atoms with Crippen LogP contribution in [0.1, 0.15) is 18.2 Å². The lowest BCUT2D eigenvalue weighted by atomic mass is 9.92. The van der Waals surface area contributed by atoms with Crippen LogP contribution in [0.25, 0.3) is 0 Å². The first kappa shape index (κ1) is 12.3. The average molecular weight is 244 g/mol. The first-order valence-electron chi connectivity index (χ1n) is 5.68. The summed E-state index contributed by atoms with van der Waals surface area (Å²) >= 11 is 0. The van der Waals surface area contributed by atoms with Crippen molar-refractivity contribution >= 4 is 11.7 Å². The molecule has 2 rings (SSSR count). The smallest absolute Gasteiger partial charge is 0.249 e. The molecule has 4 N–H and O–H groups in total. The summed E-state index contributed by atoms with van der Waals surface area (Å²) in [4.78, 5) is 12.2. The van der Waals surface area contributed by atoms with E-state index < -0.39 is 5.54 Å². The monoisotopic (exact) mass is 244 g/mol. The zero-order valence-electron chi connectivity index (χ0n) is 10.4. The fourth-order valence-corrected chi connectivity index (χ4v) is 1.64. The maximum atomic E-state index is 12.2. The van der Waals surface area contributed by atoms with Gasteiger partial charge in [0.05, 0.1) is 0 Å². The second-order valence-corrected chi connectivity index (χ2v) is 4.46. The fraction of sp³-hybridized carbons (Fsp3) is 0.231. The SMILES string of the molecule is Cc1cc(NC(=O)C(C)(N)c2ccccc2)n[nH]1. The number of aromatic amines is 1. The minimum Gasteiger partial charge on any atom is -0.314 e. The highest BCUT2D eigenvalue weighted by atomic mass is 16.2. The molecule has 1 aromatic heterocycles. The third-order valence-electron chi connectivity index (χ3n) is 2.79. The van der Waals surface area contributed by atoms with Crippen molar-refractivity contribution in [2.45, 2.75) is 19.4 Å². The fourth-order valence-electron chi connectivity index (χ4n) is 1.64. The summed E-state index contributed by atoms with van der Waals surface area (Å²) in [5.74, 6) is 0.185. The number of carbonyl (C=O) groups is 1. The Morgan fingerprint density at radius 3 is 2.61 bits per heavy atom. The van der Waals surface area contributed by atoms with Crippen molar-refractivity contribution in [1.29, 1.82) is 0 Å². The van der Waals surface area contributed by atoms with E-state index in [2.05, 4.69) is 15.5 Å². The Labute approximate surface area is 105 Å². The van der Waals surface area contributed by atoms with Gasteiger partial charge in [-0.15, -0.1) is 0 Å². The van der Waals surface area contributed by atoms with Crippen LogP contribution in [0.2, 0.25) is 0 Å². The number of hydrogen-bond acceptors (Lipinski definition) is 3. The molecule has 1 aromatic carbocycles. The molecule has 0 aliphatic carbocycles. The maximum Gasteiger partial charge on any atom is 0.249 e. The Kier molecular flexibility index (Phi) is 3.16. The number of rotatable bonds is 3. The summed E-state index contributed by atoms with van der Waals surface area (Å²) in [5, 5.41) is 9.41. The van der Waals surface area contributed by atoms with E-state index in [0.29, 0.717) is 5.82 Å². The van der Waals surface area contributed by atoms with E-state index in [1.54, 1.807) is 13.0 Å². The Balaban J connectivity index is 2.18. The van der Waals surface area contributed by atoms with Crippen LogP contribution in [-0.2, 0) is 10.3 Å². The first-order valence-corrected chi connectivity index (χ1v) is 5.68. The predicted molar refractivity (Wildman–Crippen MR) is 69.9 cm³/mol. The van der Waals surface area contributed by atoms with Gasteiger partial charge in [-0.3, -0.25) is 9.89 Å². The number of aromatic nitrogens is 2. The number of hydrogen-bond donors (Lipinski definition) is 3.